The molecule has 8 aromatic rings. The molecule has 0 aliphatic carbocycles. The van der Waals surface area contributed by atoms with Gasteiger partial charge in [-0.2, -0.15) is 0 Å². The van der Waals surface area contributed by atoms with E-state index < -0.39 is 0 Å². The Morgan fingerprint density at radius 1 is 0.372 bits per heavy atom. The Labute approximate surface area is 253 Å². The molecular weight excluding hydrogens is 545 g/mol. The van der Waals surface area contributed by atoms with E-state index in [2.05, 4.69) is 103 Å². The van der Waals surface area contributed by atoms with Gasteiger partial charge >= 0.3 is 0 Å². The third kappa shape index (κ3) is 4.86. The van der Waals surface area contributed by atoms with Gasteiger partial charge in [-0.3, -0.25) is 0 Å². The summed E-state index contributed by atoms with van der Waals surface area (Å²) in [5.41, 5.74) is 7.32. The van der Waals surface area contributed by atoms with Crippen molar-refractivity contribution < 1.29 is 0 Å². The van der Waals surface area contributed by atoms with Crippen molar-refractivity contribution in [1.29, 1.82) is 0 Å². The van der Waals surface area contributed by atoms with Crippen LogP contribution in [0.4, 0.5) is 0 Å². The highest BCUT2D eigenvalue weighted by Crippen LogP contribution is 2.36. The molecule has 6 aromatic carbocycles. The zero-order valence-electron chi connectivity index (χ0n) is 23.1. The quantitative estimate of drug-likeness (QED) is 0.207. The van der Waals surface area contributed by atoms with E-state index >= 15 is 0 Å². The molecule has 0 unspecified atom stereocenters. The number of rotatable bonds is 5. The van der Waals surface area contributed by atoms with Crippen molar-refractivity contribution in [3.05, 3.63) is 146 Å². The summed E-state index contributed by atoms with van der Waals surface area (Å²) in [7, 11) is 0. The van der Waals surface area contributed by atoms with Gasteiger partial charge in [0.15, 0.2) is 17.5 Å². The van der Waals surface area contributed by atoms with Gasteiger partial charge in [0, 0.05) is 27.6 Å². The molecule has 0 atom stereocenters. The Balaban J connectivity index is 1.23. The molecule has 0 radical (unpaired) electrons. The molecule has 43 heavy (non-hydrogen) atoms. The lowest BCUT2D eigenvalue weighted by Crippen LogP contribution is -2.00. The van der Waals surface area contributed by atoms with Gasteiger partial charge in [-0.1, -0.05) is 133 Å². The van der Waals surface area contributed by atoms with Crippen LogP contribution >= 0.6 is 11.3 Å². The monoisotopic (exact) mass is 568 g/mol. The lowest BCUT2D eigenvalue weighted by Gasteiger charge is -2.10. The molecular formula is C38H24N4S. The molecule has 0 saturated heterocycles. The maximum Gasteiger partial charge on any atom is 0.164 e. The van der Waals surface area contributed by atoms with Crippen LogP contribution in [0.15, 0.2) is 146 Å². The van der Waals surface area contributed by atoms with Gasteiger partial charge in [0.05, 0.1) is 10.2 Å². The van der Waals surface area contributed by atoms with Gasteiger partial charge in [0.25, 0.3) is 0 Å². The van der Waals surface area contributed by atoms with Gasteiger partial charge in [-0.15, -0.1) is 11.3 Å². The first kappa shape index (κ1) is 25.2. The largest absolute Gasteiger partial charge is 0.236 e. The summed E-state index contributed by atoms with van der Waals surface area (Å²) in [4.78, 5) is 19.8. The Bertz CT molecular complexity index is 2210. The first-order valence-electron chi connectivity index (χ1n) is 14.1. The molecule has 0 amide bonds. The minimum atomic E-state index is 0.646. The molecule has 0 spiro atoms. The van der Waals surface area contributed by atoms with Crippen molar-refractivity contribution in [2.45, 2.75) is 0 Å². The molecule has 0 saturated carbocycles. The van der Waals surface area contributed by atoms with Crippen LogP contribution in [0.25, 0.3) is 76.9 Å². The van der Waals surface area contributed by atoms with Gasteiger partial charge in [0.2, 0.25) is 0 Å². The van der Waals surface area contributed by atoms with Crippen LogP contribution in [-0.2, 0) is 0 Å². The van der Waals surface area contributed by atoms with E-state index in [9.17, 15) is 0 Å². The molecule has 5 heteroatoms. The topological polar surface area (TPSA) is 51.6 Å². The summed E-state index contributed by atoms with van der Waals surface area (Å²) in [5, 5.41) is 3.33. The predicted octanol–water partition coefficient (Wildman–Crippen LogP) is 9.97. The van der Waals surface area contributed by atoms with Gasteiger partial charge in [-0.05, 0) is 28.6 Å². The normalized spacial score (nSPS) is 11.3. The maximum absolute atomic E-state index is 4.98. The summed E-state index contributed by atoms with van der Waals surface area (Å²) in [6.07, 6.45) is 0. The molecule has 0 N–H and O–H groups in total. The number of nitrogens with zero attached hydrogens (tertiary/aromatic N) is 4. The lowest BCUT2D eigenvalue weighted by molar-refractivity contribution is 1.07. The van der Waals surface area contributed by atoms with E-state index in [0.717, 1.165) is 43.7 Å². The third-order valence-corrected chi connectivity index (χ3v) is 8.72. The fraction of sp³-hybridized carbons (Fsp3) is 0. The average molecular weight is 569 g/mol. The van der Waals surface area contributed by atoms with E-state index in [4.69, 9.17) is 19.9 Å². The van der Waals surface area contributed by atoms with Gasteiger partial charge < -0.3 is 0 Å². The predicted molar refractivity (Wildman–Crippen MR) is 178 cm³/mol. The standard InChI is InChI=1S/C38H24N4S/c1-4-10-25(11-5-1)26-16-18-28(19-17-26)36-40-35(27-12-6-2-7-13-27)41-37(42-36)31-20-22-32-30(24-31)21-23-33-34(32)43-38(39-33)29-14-8-3-9-15-29/h1-24H. The highest BCUT2D eigenvalue weighted by atomic mass is 32.1. The molecule has 0 bridgehead atoms. The Morgan fingerprint density at radius 2 is 0.860 bits per heavy atom. The van der Waals surface area contributed by atoms with E-state index in [1.807, 2.05) is 42.5 Å². The molecule has 2 aromatic heterocycles. The first-order valence-corrected chi connectivity index (χ1v) is 15.0. The van der Waals surface area contributed by atoms with Crippen molar-refractivity contribution in [3.8, 4) is 55.9 Å². The molecule has 0 aliphatic rings. The second-order valence-electron chi connectivity index (χ2n) is 10.4. The van der Waals surface area contributed by atoms with E-state index in [1.165, 1.54) is 15.6 Å². The summed E-state index contributed by atoms with van der Waals surface area (Å²) in [6.45, 7) is 0. The number of thiazole rings is 1. The first-order chi connectivity index (χ1) is 21.3. The van der Waals surface area contributed by atoms with Crippen LogP contribution < -0.4 is 0 Å². The van der Waals surface area contributed by atoms with E-state index in [-0.39, 0.29) is 0 Å². The second-order valence-corrected chi connectivity index (χ2v) is 11.3. The Morgan fingerprint density at radius 3 is 1.51 bits per heavy atom. The highest BCUT2D eigenvalue weighted by Gasteiger charge is 2.15. The summed E-state index contributed by atoms with van der Waals surface area (Å²) < 4.78 is 1.18. The maximum atomic E-state index is 4.98. The zero-order chi connectivity index (χ0) is 28.6. The van der Waals surface area contributed by atoms with Crippen molar-refractivity contribution in [3.63, 3.8) is 0 Å². The second kappa shape index (κ2) is 10.7. The van der Waals surface area contributed by atoms with Crippen molar-refractivity contribution >= 4 is 32.3 Å². The number of benzene rings is 6. The van der Waals surface area contributed by atoms with Crippen LogP contribution in [0.1, 0.15) is 0 Å². The van der Waals surface area contributed by atoms with Crippen LogP contribution in [0.3, 0.4) is 0 Å². The van der Waals surface area contributed by atoms with Gasteiger partial charge in [0.1, 0.15) is 5.01 Å². The zero-order valence-corrected chi connectivity index (χ0v) is 23.9. The minimum Gasteiger partial charge on any atom is -0.236 e. The number of hydrogen-bond donors (Lipinski definition) is 0. The fourth-order valence-corrected chi connectivity index (χ4v) is 6.46. The van der Waals surface area contributed by atoms with Crippen LogP contribution in [0.2, 0.25) is 0 Å². The average Bonchev–Trinajstić information content (AvgIpc) is 3.54. The number of fused-ring (bicyclic) bond motifs is 3. The highest BCUT2D eigenvalue weighted by molar-refractivity contribution is 7.22. The SMILES string of the molecule is c1ccc(-c2ccc(-c3nc(-c4ccccc4)nc(-c4ccc5c(ccc6nc(-c7ccccc7)sc65)c4)n3)cc2)cc1. The summed E-state index contributed by atoms with van der Waals surface area (Å²) >= 11 is 1.73. The van der Waals surface area contributed by atoms with Crippen molar-refractivity contribution in [1.82, 2.24) is 19.9 Å². The van der Waals surface area contributed by atoms with Crippen LogP contribution in [0, 0.1) is 0 Å². The van der Waals surface area contributed by atoms with E-state index in [0.29, 0.717) is 17.5 Å². The number of aromatic nitrogens is 4. The third-order valence-electron chi connectivity index (χ3n) is 7.57. The fourth-order valence-electron chi connectivity index (χ4n) is 5.35. The lowest BCUT2D eigenvalue weighted by atomic mass is 10.0. The molecule has 0 fully saturated rings. The Hall–Kier alpha value is -5.52. The molecule has 0 aliphatic heterocycles. The molecule has 8 rings (SSSR count). The molecule has 4 nitrogen and oxygen atoms in total. The van der Waals surface area contributed by atoms with Gasteiger partial charge in [-0.25, -0.2) is 19.9 Å². The smallest absolute Gasteiger partial charge is 0.164 e. The molecule has 202 valence electrons. The Kier molecular flexibility index (Phi) is 6.28. The van der Waals surface area contributed by atoms with E-state index in [1.54, 1.807) is 11.3 Å². The van der Waals surface area contributed by atoms with Crippen LogP contribution in [-0.4, -0.2) is 19.9 Å². The van der Waals surface area contributed by atoms with Crippen molar-refractivity contribution in [2.24, 2.45) is 0 Å². The van der Waals surface area contributed by atoms with Crippen LogP contribution in [0.5, 0.6) is 0 Å². The summed E-state index contributed by atoms with van der Waals surface area (Å²) in [5.74, 6) is 1.94. The minimum absolute atomic E-state index is 0.646. The number of hydrogen-bond acceptors (Lipinski definition) is 5. The summed E-state index contributed by atoms with van der Waals surface area (Å²) in [6, 6.07) is 49.9. The van der Waals surface area contributed by atoms with Crippen molar-refractivity contribution in [2.75, 3.05) is 0 Å². The molecule has 2 heterocycles.